The lowest BCUT2D eigenvalue weighted by Gasteiger charge is -2.17. The number of nitrogens with zero attached hydrogens (tertiary/aromatic N) is 2. The second kappa shape index (κ2) is 13.1. The Morgan fingerprint density at radius 1 is 1.20 bits per heavy atom. The van der Waals surface area contributed by atoms with E-state index in [9.17, 15) is 14.9 Å². The Balaban J connectivity index is 1.67. The van der Waals surface area contributed by atoms with Crippen LogP contribution in [0.4, 0.5) is 11.4 Å². The highest BCUT2D eigenvalue weighted by Gasteiger charge is 2.09. The summed E-state index contributed by atoms with van der Waals surface area (Å²) in [6, 6.07) is 14.5. The van der Waals surface area contributed by atoms with Crippen LogP contribution in [0.15, 0.2) is 54.6 Å². The average Bonchev–Trinajstić information content (AvgIpc) is 2.72. The predicted molar refractivity (Wildman–Crippen MR) is 130 cm³/mol. The van der Waals surface area contributed by atoms with Crippen molar-refractivity contribution in [2.24, 2.45) is 0 Å². The monoisotopic (exact) mass is 522 g/mol. The predicted octanol–water partition coefficient (Wildman–Crippen LogP) is 4.23. The van der Waals surface area contributed by atoms with E-state index in [2.05, 4.69) is 38.1 Å². The van der Waals surface area contributed by atoms with Gasteiger partial charge in [0.05, 0.1) is 15.0 Å². The molecule has 8 heteroatoms. The summed E-state index contributed by atoms with van der Waals surface area (Å²) in [5.74, 6) is -0.00811. The number of hydrogen-bond donors (Lipinski definition) is 2. The van der Waals surface area contributed by atoms with E-state index in [1.807, 2.05) is 37.3 Å². The van der Waals surface area contributed by atoms with E-state index in [0.717, 1.165) is 28.9 Å². The SMILES string of the molecule is Cc1cccc(NC(=O)CCNCCN(CI)C/C=C/c2ccccc2[N+](=O)[O-])c1. The minimum absolute atomic E-state index is 0.00811. The van der Waals surface area contributed by atoms with Crippen molar-refractivity contribution in [2.45, 2.75) is 13.3 Å². The van der Waals surface area contributed by atoms with E-state index in [1.54, 1.807) is 24.3 Å². The first-order chi connectivity index (χ1) is 14.5. The smallest absolute Gasteiger partial charge is 0.276 e. The van der Waals surface area contributed by atoms with E-state index in [4.69, 9.17) is 0 Å². The molecule has 0 aliphatic rings. The fraction of sp³-hybridized carbons (Fsp3) is 0.318. The van der Waals surface area contributed by atoms with Gasteiger partial charge in [-0.05, 0) is 30.7 Å². The number of nitro groups is 1. The van der Waals surface area contributed by atoms with E-state index in [0.29, 0.717) is 25.1 Å². The Morgan fingerprint density at radius 3 is 2.73 bits per heavy atom. The second-order valence-corrected chi connectivity index (χ2v) is 7.51. The van der Waals surface area contributed by atoms with Gasteiger partial charge in [0.25, 0.3) is 5.69 Å². The van der Waals surface area contributed by atoms with Crippen LogP contribution in [-0.4, -0.2) is 46.5 Å². The minimum Gasteiger partial charge on any atom is -0.326 e. The molecule has 7 nitrogen and oxygen atoms in total. The van der Waals surface area contributed by atoms with Crippen molar-refractivity contribution in [3.63, 3.8) is 0 Å². The molecule has 0 aliphatic carbocycles. The molecule has 2 aromatic carbocycles. The normalized spacial score (nSPS) is 11.2. The van der Waals surface area contributed by atoms with Gasteiger partial charge in [0.2, 0.25) is 5.91 Å². The van der Waals surface area contributed by atoms with Gasteiger partial charge in [-0.25, -0.2) is 0 Å². The maximum Gasteiger partial charge on any atom is 0.276 e. The summed E-state index contributed by atoms with van der Waals surface area (Å²) in [6.07, 6.45) is 4.15. The lowest BCUT2D eigenvalue weighted by molar-refractivity contribution is -0.385. The Morgan fingerprint density at radius 2 is 2.00 bits per heavy atom. The first kappa shape index (κ1) is 24.0. The summed E-state index contributed by atoms with van der Waals surface area (Å²) < 4.78 is 0.842. The van der Waals surface area contributed by atoms with Crippen LogP contribution < -0.4 is 10.6 Å². The van der Waals surface area contributed by atoms with Crippen molar-refractivity contribution in [1.82, 2.24) is 10.2 Å². The summed E-state index contributed by atoms with van der Waals surface area (Å²) in [4.78, 5) is 24.9. The van der Waals surface area contributed by atoms with Crippen LogP contribution in [0.25, 0.3) is 6.08 Å². The number of amides is 1. The standard InChI is InChI=1S/C22H27IN4O3/c1-18-6-4-9-20(16-18)25-22(28)11-12-24-13-15-26(17-23)14-5-8-19-7-2-3-10-21(19)27(29)30/h2-10,16,24H,11-15,17H2,1H3,(H,25,28)/b8-5+. The molecule has 0 saturated heterocycles. The lowest BCUT2D eigenvalue weighted by atomic mass is 10.1. The largest absolute Gasteiger partial charge is 0.326 e. The third kappa shape index (κ3) is 8.60. The van der Waals surface area contributed by atoms with Gasteiger partial charge in [-0.3, -0.25) is 19.8 Å². The molecule has 0 spiro atoms. The van der Waals surface area contributed by atoms with Gasteiger partial charge in [0.15, 0.2) is 0 Å². The van der Waals surface area contributed by atoms with Gasteiger partial charge in [-0.15, -0.1) is 0 Å². The highest BCUT2D eigenvalue weighted by atomic mass is 127. The Bertz CT molecular complexity index is 873. The number of nitrogens with one attached hydrogen (secondary N) is 2. The van der Waals surface area contributed by atoms with Gasteiger partial charge in [0.1, 0.15) is 0 Å². The van der Waals surface area contributed by atoms with Gasteiger partial charge in [0, 0.05) is 44.4 Å². The number of rotatable bonds is 12. The number of alkyl halides is 1. The third-order valence-corrected chi connectivity index (χ3v) is 5.36. The molecule has 0 aromatic heterocycles. The number of halogens is 1. The molecule has 0 heterocycles. The van der Waals surface area contributed by atoms with E-state index >= 15 is 0 Å². The molecular weight excluding hydrogens is 495 g/mol. The van der Waals surface area contributed by atoms with Crippen LogP contribution in [0.1, 0.15) is 17.5 Å². The number of aryl methyl sites for hydroxylation is 1. The zero-order chi connectivity index (χ0) is 21.8. The second-order valence-electron chi connectivity index (χ2n) is 6.83. The summed E-state index contributed by atoms with van der Waals surface area (Å²) in [7, 11) is 0. The number of carbonyl (C=O) groups is 1. The number of nitro benzene ring substituents is 1. The van der Waals surface area contributed by atoms with Crippen LogP contribution in [-0.2, 0) is 4.79 Å². The molecule has 0 saturated carbocycles. The molecule has 2 rings (SSSR count). The molecule has 0 atom stereocenters. The van der Waals surface area contributed by atoms with Gasteiger partial charge in [-0.2, -0.15) is 0 Å². The Labute approximate surface area is 190 Å². The van der Waals surface area contributed by atoms with Crippen molar-refractivity contribution < 1.29 is 9.72 Å². The molecule has 2 N–H and O–H groups in total. The van der Waals surface area contributed by atoms with Gasteiger partial charge in [-0.1, -0.05) is 59.0 Å². The summed E-state index contributed by atoms with van der Waals surface area (Å²) in [5, 5.41) is 17.3. The van der Waals surface area contributed by atoms with Crippen molar-refractivity contribution in [3.05, 3.63) is 75.8 Å². The number of para-hydroxylation sites is 1. The quantitative estimate of drug-likeness (QED) is 0.109. The van der Waals surface area contributed by atoms with Crippen LogP contribution in [0, 0.1) is 17.0 Å². The van der Waals surface area contributed by atoms with E-state index < -0.39 is 0 Å². The minimum atomic E-state index is -0.366. The summed E-state index contributed by atoms with van der Waals surface area (Å²) in [6.45, 7) is 4.89. The van der Waals surface area contributed by atoms with Gasteiger partial charge < -0.3 is 10.6 Å². The van der Waals surface area contributed by atoms with E-state index in [-0.39, 0.29) is 16.5 Å². The molecule has 0 bridgehead atoms. The fourth-order valence-electron chi connectivity index (χ4n) is 2.83. The van der Waals surface area contributed by atoms with Crippen LogP contribution in [0.3, 0.4) is 0 Å². The van der Waals surface area contributed by atoms with Crippen LogP contribution in [0.2, 0.25) is 0 Å². The molecule has 1 amide bonds. The summed E-state index contributed by atoms with van der Waals surface area (Å²) in [5.41, 5.74) is 2.65. The molecule has 30 heavy (non-hydrogen) atoms. The van der Waals surface area contributed by atoms with Crippen molar-refractivity contribution in [3.8, 4) is 0 Å². The topological polar surface area (TPSA) is 87.5 Å². The molecule has 0 aliphatic heterocycles. The van der Waals surface area contributed by atoms with Crippen LogP contribution in [0.5, 0.6) is 0 Å². The van der Waals surface area contributed by atoms with Crippen molar-refractivity contribution >= 4 is 45.9 Å². The number of anilines is 1. The first-order valence-electron chi connectivity index (χ1n) is 9.75. The third-order valence-electron chi connectivity index (χ3n) is 4.40. The van der Waals surface area contributed by atoms with E-state index in [1.165, 1.54) is 6.07 Å². The zero-order valence-corrected chi connectivity index (χ0v) is 19.2. The highest BCUT2D eigenvalue weighted by Crippen LogP contribution is 2.18. The lowest BCUT2D eigenvalue weighted by Crippen LogP contribution is -2.32. The number of benzene rings is 2. The number of hydrogen-bond acceptors (Lipinski definition) is 5. The Hall–Kier alpha value is -2.30. The zero-order valence-electron chi connectivity index (χ0n) is 17.0. The summed E-state index contributed by atoms with van der Waals surface area (Å²) >= 11 is 2.30. The van der Waals surface area contributed by atoms with Crippen molar-refractivity contribution in [2.75, 3.05) is 36.0 Å². The molecule has 0 unspecified atom stereocenters. The number of carbonyl (C=O) groups excluding carboxylic acids is 1. The maximum absolute atomic E-state index is 12.0. The molecule has 0 radical (unpaired) electrons. The molecular formula is C22H27IN4O3. The Kier molecular flexibility index (Phi) is 10.5. The van der Waals surface area contributed by atoms with Crippen LogP contribution >= 0.6 is 22.6 Å². The molecule has 0 fully saturated rings. The van der Waals surface area contributed by atoms with Gasteiger partial charge >= 0.3 is 0 Å². The molecule has 2 aromatic rings. The average molecular weight is 522 g/mol. The van der Waals surface area contributed by atoms with Crippen molar-refractivity contribution in [1.29, 1.82) is 0 Å². The highest BCUT2D eigenvalue weighted by molar-refractivity contribution is 14.1. The maximum atomic E-state index is 12.0. The molecule has 160 valence electrons. The fourth-order valence-corrected chi connectivity index (χ4v) is 3.45. The first-order valence-corrected chi connectivity index (χ1v) is 11.3.